The molecule has 1 aromatic carbocycles. The van der Waals surface area contributed by atoms with Crippen molar-refractivity contribution in [2.24, 2.45) is 5.92 Å². The van der Waals surface area contributed by atoms with Crippen molar-refractivity contribution in [3.05, 3.63) is 29.8 Å². The summed E-state index contributed by atoms with van der Waals surface area (Å²) in [7, 11) is 3.40. The van der Waals surface area contributed by atoms with Gasteiger partial charge in [-0.25, -0.2) is 0 Å². The highest BCUT2D eigenvalue weighted by atomic mass is 16.5. The number of hydrogen-bond acceptors (Lipinski definition) is 4. The highest BCUT2D eigenvalue weighted by Gasteiger charge is 2.47. The largest absolute Gasteiger partial charge is 0.497 e. The van der Waals surface area contributed by atoms with Gasteiger partial charge >= 0.3 is 5.97 Å². The van der Waals surface area contributed by atoms with E-state index in [1.54, 1.807) is 19.1 Å². The number of aliphatic carboxylic acids is 1. The Morgan fingerprint density at radius 2 is 1.92 bits per heavy atom. The van der Waals surface area contributed by atoms with E-state index in [1.165, 1.54) is 0 Å². The van der Waals surface area contributed by atoms with Crippen LogP contribution in [0.1, 0.15) is 31.2 Å². The van der Waals surface area contributed by atoms with Crippen LogP contribution in [0.5, 0.6) is 5.75 Å². The topological polar surface area (TPSA) is 78.9 Å². The van der Waals surface area contributed by atoms with Crippen molar-refractivity contribution in [2.45, 2.75) is 37.3 Å². The van der Waals surface area contributed by atoms with Crippen molar-refractivity contribution >= 4 is 11.9 Å². The summed E-state index contributed by atoms with van der Waals surface area (Å²) in [6.07, 6.45) is 3.00. The Balaban J connectivity index is 1.63. The maximum Gasteiger partial charge on any atom is 0.320 e. The van der Waals surface area contributed by atoms with Gasteiger partial charge in [-0.15, -0.1) is 0 Å². The number of carbonyl (C=O) groups excluding carboxylic acids is 1. The minimum absolute atomic E-state index is 0.0269. The molecule has 0 bridgehead atoms. The smallest absolute Gasteiger partial charge is 0.320 e. The summed E-state index contributed by atoms with van der Waals surface area (Å²) in [5.41, 5.74) is 0.843. The number of rotatable bonds is 5. The van der Waals surface area contributed by atoms with E-state index in [-0.39, 0.29) is 17.4 Å². The first kappa shape index (κ1) is 16.8. The van der Waals surface area contributed by atoms with E-state index in [0.29, 0.717) is 19.4 Å². The lowest BCUT2D eigenvalue weighted by Crippen LogP contribution is -2.50. The van der Waals surface area contributed by atoms with E-state index in [0.717, 1.165) is 24.2 Å². The van der Waals surface area contributed by atoms with Crippen LogP contribution < -0.4 is 10.1 Å². The number of hydrogen-bond donors (Lipinski definition) is 2. The second-order valence-electron chi connectivity index (χ2n) is 6.87. The van der Waals surface area contributed by atoms with Crippen molar-refractivity contribution in [2.75, 3.05) is 20.7 Å². The Bertz CT molecular complexity index is 624. The molecule has 1 amide bonds. The number of piperidine rings is 1. The Morgan fingerprint density at radius 1 is 1.25 bits per heavy atom. The first-order valence-corrected chi connectivity index (χ1v) is 8.35. The molecule has 2 atom stereocenters. The molecule has 2 unspecified atom stereocenters. The number of amides is 1. The predicted octanol–water partition coefficient (Wildman–Crippen LogP) is 1.60. The number of methoxy groups -OCH3 is 1. The van der Waals surface area contributed by atoms with Crippen molar-refractivity contribution in [1.29, 1.82) is 0 Å². The van der Waals surface area contributed by atoms with Gasteiger partial charge in [0, 0.05) is 6.54 Å². The number of carboxylic acids is 1. The van der Waals surface area contributed by atoms with Gasteiger partial charge in [0.25, 0.3) is 0 Å². The van der Waals surface area contributed by atoms with Crippen molar-refractivity contribution in [3.8, 4) is 5.75 Å². The first-order valence-electron chi connectivity index (χ1n) is 8.35. The zero-order valence-corrected chi connectivity index (χ0v) is 14.1. The molecular formula is C18H24N2O4. The molecule has 1 saturated carbocycles. The number of benzene rings is 1. The van der Waals surface area contributed by atoms with Crippen LogP contribution in [0, 0.1) is 5.92 Å². The highest BCUT2D eigenvalue weighted by Crippen LogP contribution is 2.46. The molecule has 1 saturated heterocycles. The lowest BCUT2D eigenvalue weighted by Gasteiger charge is -2.34. The van der Waals surface area contributed by atoms with Gasteiger partial charge in [0.2, 0.25) is 5.91 Å². The molecule has 2 N–H and O–H groups in total. The first-order chi connectivity index (χ1) is 11.4. The molecule has 6 heteroatoms. The molecular weight excluding hydrogens is 308 g/mol. The summed E-state index contributed by atoms with van der Waals surface area (Å²) in [6.45, 7) is 0.488. The van der Waals surface area contributed by atoms with E-state index in [9.17, 15) is 9.59 Å². The van der Waals surface area contributed by atoms with Gasteiger partial charge < -0.3 is 15.2 Å². The fourth-order valence-corrected chi connectivity index (χ4v) is 3.53. The third-order valence-corrected chi connectivity index (χ3v) is 5.24. The van der Waals surface area contributed by atoms with Crippen LogP contribution in [0.15, 0.2) is 24.3 Å². The number of nitrogens with one attached hydrogen (secondary N) is 1. The second kappa shape index (κ2) is 6.43. The van der Waals surface area contributed by atoms with Crippen LogP contribution in [0.2, 0.25) is 0 Å². The van der Waals surface area contributed by atoms with E-state index in [1.807, 2.05) is 24.3 Å². The Morgan fingerprint density at radius 3 is 2.42 bits per heavy atom. The standard InChI is InChI=1S/C18H24N2O4/c1-20-11-12(3-8-15(20)17(22)23)16(21)19-18(9-10-18)13-4-6-14(24-2)7-5-13/h4-7,12,15H,3,8-11H2,1-2H3,(H,19,21)(H,22,23). The predicted molar refractivity (Wildman–Crippen MR) is 88.8 cm³/mol. The fourth-order valence-electron chi connectivity index (χ4n) is 3.53. The maximum atomic E-state index is 12.7. The number of carboxylic acid groups (broad SMARTS) is 1. The molecule has 1 aliphatic heterocycles. The zero-order chi connectivity index (χ0) is 17.3. The van der Waals surface area contributed by atoms with Gasteiger partial charge in [-0.3, -0.25) is 14.5 Å². The Labute approximate surface area is 141 Å². The number of nitrogens with zero attached hydrogens (tertiary/aromatic N) is 1. The molecule has 1 heterocycles. The molecule has 0 radical (unpaired) electrons. The number of likely N-dealkylation sites (N-methyl/N-ethyl adjacent to an activating group) is 1. The minimum Gasteiger partial charge on any atom is -0.497 e. The molecule has 130 valence electrons. The van der Waals surface area contributed by atoms with Gasteiger partial charge in [-0.1, -0.05) is 12.1 Å². The van der Waals surface area contributed by atoms with Crippen LogP contribution >= 0.6 is 0 Å². The lowest BCUT2D eigenvalue weighted by atomic mass is 9.91. The van der Waals surface area contributed by atoms with Gasteiger partial charge in [0.15, 0.2) is 0 Å². The van der Waals surface area contributed by atoms with Crippen molar-refractivity contribution in [1.82, 2.24) is 10.2 Å². The monoisotopic (exact) mass is 332 g/mol. The van der Waals surface area contributed by atoms with Crippen molar-refractivity contribution in [3.63, 3.8) is 0 Å². The van der Waals surface area contributed by atoms with Crippen LogP contribution in [-0.2, 0) is 15.1 Å². The van der Waals surface area contributed by atoms with Gasteiger partial charge in [-0.2, -0.15) is 0 Å². The summed E-state index contributed by atoms with van der Waals surface area (Å²) < 4.78 is 5.18. The van der Waals surface area contributed by atoms with E-state index in [4.69, 9.17) is 9.84 Å². The molecule has 6 nitrogen and oxygen atoms in total. The molecule has 3 rings (SSSR count). The summed E-state index contributed by atoms with van der Waals surface area (Å²) in [5, 5.41) is 12.4. The number of likely N-dealkylation sites (tertiary alicyclic amines) is 1. The Kier molecular flexibility index (Phi) is 4.49. The van der Waals surface area contributed by atoms with E-state index in [2.05, 4.69) is 5.32 Å². The minimum atomic E-state index is -0.812. The summed E-state index contributed by atoms with van der Waals surface area (Å²) in [5.74, 6) is -0.136. The van der Waals surface area contributed by atoms with Crippen LogP contribution in [0.4, 0.5) is 0 Å². The quantitative estimate of drug-likeness (QED) is 0.856. The second-order valence-corrected chi connectivity index (χ2v) is 6.87. The molecule has 2 aliphatic rings. The fraction of sp³-hybridized carbons (Fsp3) is 0.556. The maximum absolute atomic E-state index is 12.7. The molecule has 1 aliphatic carbocycles. The van der Waals surface area contributed by atoms with Crippen LogP contribution in [-0.4, -0.2) is 48.6 Å². The van der Waals surface area contributed by atoms with E-state index >= 15 is 0 Å². The Hall–Kier alpha value is -2.08. The van der Waals surface area contributed by atoms with E-state index < -0.39 is 12.0 Å². The molecule has 2 fully saturated rings. The van der Waals surface area contributed by atoms with Crippen LogP contribution in [0.3, 0.4) is 0 Å². The van der Waals surface area contributed by atoms with Gasteiger partial charge in [0.1, 0.15) is 11.8 Å². The average molecular weight is 332 g/mol. The molecule has 24 heavy (non-hydrogen) atoms. The number of ether oxygens (including phenoxy) is 1. The summed E-state index contributed by atoms with van der Waals surface area (Å²) in [4.78, 5) is 25.6. The number of carbonyl (C=O) groups is 2. The summed E-state index contributed by atoms with van der Waals surface area (Å²) in [6, 6.07) is 7.34. The molecule has 1 aromatic rings. The van der Waals surface area contributed by atoms with Gasteiger partial charge in [-0.05, 0) is 50.4 Å². The molecule has 0 aromatic heterocycles. The third-order valence-electron chi connectivity index (χ3n) is 5.24. The van der Waals surface area contributed by atoms with Crippen LogP contribution in [0.25, 0.3) is 0 Å². The SMILES string of the molecule is COc1ccc(C2(NC(=O)C3CCC(C(=O)O)N(C)C3)CC2)cc1. The summed E-state index contributed by atoms with van der Waals surface area (Å²) >= 11 is 0. The van der Waals surface area contributed by atoms with Crippen molar-refractivity contribution < 1.29 is 19.4 Å². The normalized spacial score (nSPS) is 25.8. The third kappa shape index (κ3) is 3.24. The zero-order valence-electron chi connectivity index (χ0n) is 14.1. The van der Waals surface area contributed by atoms with Gasteiger partial charge in [0.05, 0.1) is 18.6 Å². The average Bonchev–Trinajstić information content (AvgIpc) is 3.35. The highest BCUT2D eigenvalue weighted by molar-refractivity contribution is 5.81. The lowest BCUT2D eigenvalue weighted by molar-refractivity contribution is -0.146. The molecule has 0 spiro atoms.